The molecule has 0 aromatic heterocycles. The molecule has 3 heteroatoms. The molecule has 78 valence electrons. The van der Waals surface area contributed by atoms with E-state index in [1.807, 2.05) is 6.92 Å². The minimum absolute atomic E-state index is 0.0521. The van der Waals surface area contributed by atoms with Crippen LogP contribution < -0.4 is 0 Å². The molecule has 3 nitrogen and oxygen atoms in total. The molecule has 1 heterocycles. The standard InChI is InChI=1S/C11H17NO2/c1-4-12-9(13)7-5-6-8(10(12)14)11(7,2)3/h7-8H,4-6H2,1-3H3. The molecule has 2 atom stereocenters. The molecule has 2 unspecified atom stereocenters. The first-order valence-electron chi connectivity index (χ1n) is 5.35. The molecule has 0 aromatic rings. The normalized spacial score (nSPS) is 35.2. The van der Waals surface area contributed by atoms with Crippen molar-refractivity contribution in [1.29, 1.82) is 0 Å². The number of piperidine rings is 1. The highest BCUT2D eigenvalue weighted by molar-refractivity contribution is 6.01. The Morgan fingerprint density at radius 3 is 2.00 bits per heavy atom. The van der Waals surface area contributed by atoms with Crippen LogP contribution >= 0.6 is 0 Å². The van der Waals surface area contributed by atoms with Gasteiger partial charge in [0.25, 0.3) is 0 Å². The first-order chi connectivity index (χ1) is 6.50. The zero-order chi connectivity index (χ0) is 10.5. The van der Waals surface area contributed by atoms with E-state index >= 15 is 0 Å². The van der Waals surface area contributed by atoms with Crippen LogP contribution in [0.1, 0.15) is 33.6 Å². The van der Waals surface area contributed by atoms with Gasteiger partial charge in [0.1, 0.15) is 0 Å². The zero-order valence-corrected chi connectivity index (χ0v) is 9.04. The highest BCUT2D eigenvalue weighted by atomic mass is 16.2. The Morgan fingerprint density at radius 2 is 1.64 bits per heavy atom. The Bertz CT molecular complexity index is 270. The van der Waals surface area contributed by atoms with E-state index in [-0.39, 0.29) is 29.1 Å². The lowest BCUT2D eigenvalue weighted by Crippen LogP contribution is -2.53. The number of carbonyl (C=O) groups is 2. The SMILES string of the molecule is CCN1C(=O)C2CCC(C1=O)C2(C)C. The maximum Gasteiger partial charge on any atom is 0.232 e. The lowest BCUT2D eigenvalue weighted by molar-refractivity contribution is -0.159. The maximum absolute atomic E-state index is 11.9. The number of likely N-dealkylation sites (tertiary alicyclic amines) is 1. The zero-order valence-electron chi connectivity index (χ0n) is 9.04. The molecule has 0 radical (unpaired) electrons. The van der Waals surface area contributed by atoms with Gasteiger partial charge in [0.2, 0.25) is 11.8 Å². The largest absolute Gasteiger partial charge is 0.282 e. The summed E-state index contributed by atoms with van der Waals surface area (Å²) in [4.78, 5) is 25.3. The van der Waals surface area contributed by atoms with E-state index in [4.69, 9.17) is 0 Å². The second-order valence-corrected chi connectivity index (χ2v) is 4.92. The third-order valence-electron chi connectivity index (χ3n) is 3.98. The summed E-state index contributed by atoms with van der Waals surface area (Å²) >= 11 is 0. The summed E-state index contributed by atoms with van der Waals surface area (Å²) in [7, 11) is 0. The molecular weight excluding hydrogens is 178 g/mol. The number of rotatable bonds is 1. The van der Waals surface area contributed by atoms with Crippen LogP contribution in [-0.2, 0) is 9.59 Å². The van der Waals surface area contributed by atoms with Gasteiger partial charge in [-0.05, 0) is 25.2 Å². The quantitative estimate of drug-likeness (QED) is 0.593. The van der Waals surface area contributed by atoms with Crippen molar-refractivity contribution < 1.29 is 9.59 Å². The molecule has 2 rings (SSSR count). The molecule has 0 spiro atoms. The molecule has 1 aliphatic carbocycles. The van der Waals surface area contributed by atoms with Gasteiger partial charge < -0.3 is 0 Å². The van der Waals surface area contributed by atoms with Gasteiger partial charge in [0.05, 0.1) is 0 Å². The fourth-order valence-electron chi connectivity index (χ4n) is 3.00. The molecule has 2 bridgehead atoms. The molecular formula is C11H17NO2. The molecule has 1 saturated heterocycles. The first-order valence-corrected chi connectivity index (χ1v) is 5.35. The third kappa shape index (κ3) is 0.983. The summed E-state index contributed by atoms with van der Waals surface area (Å²) in [6.07, 6.45) is 1.78. The predicted octanol–water partition coefficient (Wildman–Crippen LogP) is 1.43. The van der Waals surface area contributed by atoms with E-state index in [1.54, 1.807) is 0 Å². The summed E-state index contributed by atoms with van der Waals surface area (Å²) in [6.45, 7) is 6.50. The van der Waals surface area contributed by atoms with Crippen LogP contribution in [0.5, 0.6) is 0 Å². The van der Waals surface area contributed by atoms with Crippen molar-refractivity contribution in [2.24, 2.45) is 17.3 Å². The number of hydrogen-bond donors (Lipinski definition) is 0. The van der Waals surface area contributed by atoms with Gasteiger partial charge in [0, 0.05) is 18.4 Å². The van der Waals surface area contributed by atoms with Gasteiger partial charge in [-0.3, -0.25) is 14.5 Å². The first kappa shape index (κ1) is 9.69. The summed E-state index contributed by atoms with van der Waals surface area (Å²) in [5.41, 5.74) is -0.111. The average molecular weight is 195 g/mol. The van der Waals surface area contributed by atoms with Crippen molar-refractivity contribution in [2.45, 2.75) is 33.6 Å². The van der Waals surface area contributed by atoms with E-state index in [0.717, 1.165) is 12.8 Å². The van der Waals surface area contributed by atoms with Gasteiger partial charge in [-0.15, -0.1) is 0 Å². The second-order valence-electron chi connectivity index (χ2n) is 4.92. The van der Waals surface area contributed by atoms with E-state index in [2.05, 4.69) is 13.8 Å². The number of imide groups is 1. The van der Waals surface area contributed by atoms with Crippen LogP contribution in [0.2, 0.25) is 0 Å². The molecule has 14 heavy (non-hydrogen) atoms. The lowest BCUT2D eigenvalue weighted by atomic mass is 9.71. The van der Waals surface area contributed by atoms with E-state index in [9.17, 15) is 9.59 Å². The van der Waals surface area contributed by atoms with Gasteiger partial charge in [-0.2, -0.15) is 0 Å². The molecule has 1 aliphatic heterocycles. The smallest absolute Gasteiger partial charge is 0.232 e. The highest BCUT2D eigenvalue weighted by Crippen LogP contribution is 2.51. The van der Waals surface area contributed by atoms with Crippen LogP contribution in [0, 0.1) is 17.3 Å². The van der Waals surface area contributed by atoms with Crippen molar-refractivity contribution in [3.8, 4) is 0 Å². The monoisotopic (exact) mass is 195 g/mol. The highest BCUT2D eigenvalue weighted by Gasteiger charge is 2.56. The summed E-state index contributed by atoms with van der Waals surface area (Å²) in [5.74, 6) is 0.253. The lowest BCUT2D eigenvalue weighted by Gasteiger charge is -2.40. The van der Waals surface area contributed by atoms with E-state index in [0.29, 0.717) is 6.54 Å². The van der Waals surface area contributed by atoms with Crippen molar-refractivity contribution in [1.82, 2.24) is 4.90 Å². The molecule has 2 amide bonds. The minimum atomic E-state index is -0.111. The Morgan fingerprint density at radius 1 is 1.21 bits per heavy atom. The average Bonchev–Trinajstić information content (AvgIpc) is 2.33. The predicted molar refractivity (Wildman–Crippen MR) is 52.4 cm³/mol. The van der Waals surface area contributed by atoms with E-state index in [1.165, 1.54) is 4.90 Å². The number of carbonyl (C=O) groups excluding carboxylic acids is 2. The van der Waals surface area contributed by atoms with Gasteiger partial charge >= 0.3 is 0 Å². The van der Waals surface area contributed by atoms with Crippen molar-refractivity contribution in [3.05, 3.63) is 0 Å². The number of hydrogen-bond acceptors (Lipinski definition) is 2. The fraction of sp³-hybridized carbons (Fsp3) is 0.818. The van der Waals surface area contributed by atoms with Crippen LogP contribution in [-0.4, -0.2) is 23.3 Å². The van der Waals surface area contributed by atoms with Crippen molar-refractivity contribution in [2.75, 3.05) is 6.54 Å². The molecule has 2 fully saturated rings. The van der Waals surface area contributed by atoms with Crippen LogP contribution in [0.4, 0.5) is 0 Å². The van der Waals surface area contributed by atoms with Gasteiger partial charge in [0.15, 0.2) is 0 Å². The van der Waals surface area contributed by atoms with Gasteiger partial charge in [-0.1, -0.05) is 13.8 Å². The molecule has 2 aliphatic rings. The maximum atomic E-state index is 11.9. The van der Waals surface area contributed by atoms with Crippen molar-refractivity contribution in [3.63, 3.8) is 0 Å². The summed E-state index contributed by atoms with van der Waals surface area (Å²) < 4.78 is 0. The Hall–Kier alpha value is -0.860. The van der Waals surface area contributed by atoms with Crippen LogP contribution in [0.25, 0.3) is 0 Å². The third-order valence-corrected chi connectivity index (χ3v) is 3.98. The Kier molecular flexibility index (Phi) is 1.95. The minimum Gasteiger partial charge on any atom is -0.282 e. The summed E-state index contributed by atoms with van der Waals surface area (Å²) in [6, 6.07) is 0. The molecule has 1 saturated carbocycles. The second kappa shape index (κ2) is 2.81. The number of nitrogens with zero attached hydrogens (tertiary/aromatic N) is 1. The topological polar surface area (TPSA) is 37.4 Å². The molecule has 0 aromatic carbocycles. The Balaban J connectivity index is 2.40. The number of fused-ring (bicyclic) bond motifs is 2. The number of amides is 2. The van der Waals surface area contributed by atoms with E-state index < -0.39 is 0 Å². The van der Waals surface area contributed by atoms with Gasteiger partial charge in [-0.25, -0.2) is 0 Å². The fourth-order valence-corrected chi connectivity index (χ4v) is 3.00. The van der Waals surface area contributed by atoms with Crippen molar-refractivity contribution >= 4 is 11.8 Å². The van der Waals surface area contributed by atoms with Crippen LogP contribution in [0.3, 0.4) is 0 Å². The summed E-state index contributed by atoms with van der Waals surface area (Å²) in [5, 5.41) is 0. The molecule has 0 N–H and O–H groups in total. The van der Waals surface area contributed by atoms with Crippen LogP contribution in [0.15, 0.2) is 0 Å². The Labute approximate surface area is 84.5 Å².